The van der Waals surface area contributed by atoms with Crippen molar-refractivity contribution in [3.63, 3.8) is 0 Å². The fourth-order valence-electron chi connectivity index (χ4n) is 2.34. The zero-order chi connectivity index (χ0) is 20.3. The molecule has 7 nitrogen and oxygen atoms in total. The van der Waals surface area contributed by atoms with E-state index in [1.165, 1.54) is 38.6 Å². The van der Waals surface area contributed by atoms with Crippen molar-refractivity contribution in [2.45, 2.75) is 11.5 Å². The van der Waals surface area contributed by atoms with Gasteiger partial charge in [-0.1, -0.05) is 29.8 Å². The van der Waals surface area contributed by atoms with Gasteiger partial charge in [0.15, 0.2) is 0 Å². The lowest BCUT2D eigenvalue weighted by Crippen LogP contribution is -2.22. The van der Waals surface area contributed by atoms with E-state index >= 15 is 0 Å². The fourth-order valence-corrected chi connectivity index (χ4v) is 3.46. The molecule has 0 saturated carbocycles. The van der Waals surface area contributed by atoms with Gasteiger partial charge in [-0.05, 0) is 30.3 Å². The third kappa shape index (κ3) is 4.24. The van der Waals surface area contributed by atoms with E-state index in [1.807, 2.05) is 30.3 Å². The molecule has 1 aromatic heterocycles. The summed E-state index contributed by atoms with van der Waals surface area (Å²) in [7, 11) is -0.905. The Balaban J connectivity index is 1.75. The van der Waals surface area contributed by atoms with Gasteiger partial charge in [-0.25, -0.2) is 22.5 Å². The van der Waals surface area contributed by atoms with Crippen LogP contribution in [0.15, 0.2) is 64.1 Å². The van der Waals surface area contributed by atoms with E-state index in [0.717, 1.165) is 9.87 Å². The molecule has 28 heavy (non-hydrogen) atoms. The van der Waals surface area contributed by atoms with Gasteiger partial charge in [0, 0.05) is 19.7 Å². The van der Waals surface area contributed by atoms with E-state index in [0.29, 0.717) is 11.6 Å². The Morgan fingerprint density at radius 2 is 1.89 bits per heavy atom. The molecule has 3 rings (SSSR count). The summed E-state index contributed by atoms with van der Waals surface area (Å²) in [6.07, 6.45) is 1.39. The van der Waals surface area contributed by atoms with Crippen molar-refractivity contribution in [2.75, 3.05) is 14.1 Å². The zero-order valence-electron chi connectivity index (χ0n) is 15.1. The number of carbonyl (C=O) groups excluding carboxylic acids is 1. The van der Waals surface area contributed by atoms with Crippen molar-refractivity contribution in [3.8, 4) is 11.5 Å². The van der Waals surface area contributed by atoms with Gasteiger partial charge in [0.1, 0.15) is 18.6 Å². The third-order valence-corrected chi connectivity index (χ3v) is 6.00. The molecule has 146 valence electrons. The Morgan fingerprint density at radius 1 is 1.18 bits per heavy atom. The molecule has 1 heterocycles. The lowest BCUT2D eigenvalue weighted by atomic mass is 10.2. The molecule has 0 spiro atoms. The van der Waals surface area contributed by atoms with Gasteiger partial charge in [-0.15, -0.1) is 0 Å². The molecular formula is C19H17ClN2O5S. The number of carbonyl (C=O) groups is 1. The Kier molecular flexibility index (Phi) is 5.83. The second kappa shape index (κ2) is 8.14. The summed E-state index contributed by atoms with van der Waals surface area (Å²) >= 11 is 6.04. The monoisotopic (exact) mass is 420 g/mol. The van der Waals surface area contributed by atoms with Crippen LogP contribution in [0.5, 0.6) is 0 Å². The normalized spacial score (nSPS) is 11.6. The number of ether oxygens (including phenoxy) is 1. The minimum atomic E-state index is -3.70. The number of rotatable bonds is 6. The zero-order valence-corrected chi connectivity index (χ0v) is 16.7. The Bertz CT molecular complexity index is 1090. The van der Waals surface area contributed by atoms with Crippen molar-refractivity contribution in [1.82, 2.24) is 9.29 Å². The van der Waals surface area contributed by atoms with Gasteiger partial charge in [0.05, 0.1) is 15.5 Å². The highest BCUT2D eigenvalue weighted by Crippen LogP contribution is 2.24. The van der Waals surface area contributed by atoms with Gasteiger partial charge in [-0.2, -0.15) is 0 Å². The maximum Gasteiger partial charge on any atom is 0.340 e. The van der Waals surface area contributed by atoms with Gasteiger partial charge < -0.3 is 9.15 Å². The second-order valence-electron chi connectivity index (χ2n) is 6.02. The first-order chi connectivity index (χ1) is 13.3. The molecule has 9 heteroatoms. The molecule has 0 radical (unpaired) electrons. The minimum absolute atomic E-state index is 0.0450. The van der Waals surface area contributed by atoms with Crippen LogP contribution in [0.2, 0.25) is 5.02 Å². The number of oxazole rings is 1. The molecule has 3 aromatic rings. The molecule has 0 atom stereocenters. The summed E-state index contributed by atoms with van der Waals surface area (Å²) in [6, 6.07) is 13.2. The maximum absolute atomic E-state index is 12.4. The number of nitrogens with zero attached hydrogens (tertiary/aromatic N) is 2. The van der Waals surface area contributed by atoms with Crippen LogP contribution in [-0.2, 0) is 21.4 Å². The van der Waals surface area contributed by atoms with Crippen molar-refractivity contribution in [1.29, 1.82) is 0 Å². The van der Waals surface area contributed by atoms with Gasteiger partial charge in [0.25, 0.3) is 0 Å². The number of benzene rings is 2. The van der Waals surface area contributed by atoms with Gasteiger partial charge in [-0.3, -0.25) is 0 Å². The smallest absolute Gasteiger partial charge is 0.340 e. The van der Waals surface area contributed by atoms with E-state index in [9.17, 15) is 13.2 Å². The highest BCUT2D eigenvalue weighted by Gasteiger charge is 2.21. The highest BCUT2D eigenvalue weighted by molar-refractivity contribution is 7.89. The summed E-state index contributed by atoms with van der Waals surface area (Å²) in [5.41, 5.74) is 1.17. The molecule has 0 bridgehead atoms. The van der Waals surface area contributed by atoms with E-state index in [1.54, 1.807) is 0 Å². The lowest BCUT2D eigenvalue weighted by Gasteiger charge is -2.12. The molecule has 0 unspecified atom stereocenters. The van der Waals surface area contributed by atoms with Crippen LogP contribution < -0.4 is 0 Å². The van der Waals surface area contributed by atoms with E-state index in [4.69, 9.17) is 20.8 Å². The number of aromatic nitrogens is 1. The van der Waals surface area contributed by atoms with Crippen molar-refractivity contribution < 1.29 is 22.4 Å². The molecule has 0 fully saturated rings. The Labute approximate surface area is 167 Å². The van der Waals surface area contributed by atoms with Crippen LogP contribution in [0.1, 0.15) is 16.1 Å². The fraction of sp³-hybridized carbons (Fsp3) is 0.158. The van der Waals surface area contributed by atoms with Crippen molar-refractivity contribution in [3.05, 3.63) is 71.1 Å². The van der Waals surface area contributed by atoms with Crippen molar-refractivity contribution >= 4 is 27.6 Å². The summed E-state index contributed by atoms with van der Waals surface area (Å²) < 4.78 is 36.1. The maximum atomic E-state index is 12.4. The first kappa shape index (κ1) is 20.1. The second-order valence-corrected chi connectivity index (χ2v) is 8.57. The van der Waals surface area contributed by atoms with Crippen LogP contribution in [0.25, 0.3) is 11.5 Å². The summed E-state index contributed by atoms with van der Waals surface area (Å²) in [5, 5.41) is 0.0906. The van der Waals surface area contributed by atoms with Gasteiger partial charge in [0.2, 0.25) is 15.9 Å². The molecule has 0 saturated heterocycles. The predicted octanol–water partition coefficient (Wildman–Crippen LogP) is 3.60. The van der Waals surface area contributed by atoms with E-state index in [-0.39, 0.29) is 22.1 Å². The Hall–Kier alpha value is -2.68. The minimum Gasteiger partial charge on any atom is -0.455 e. The van der Waals surface area contributed by atoms with Crippen LogP contribution in [-0.4, -0.2) is 37.8 Å². The molecule has 0 aliphatic carbocycles. The predicted molar refractivity (Wildman–Crippen MR) is 103 cm³/mol. The topological polar surface area (TPSA) is 89.7 Å². The molecular weight excluding hydrogens is 404 g/mol. The van der Waals surface area contributed by atoms with Crippen molar-refractivity contribution in [2.24, 2.45) is 0 Å². The van der Waals surface area contributed by atoms with E-state index in [2.05, 4.69) is 4.98 Å². The van der Waals surface area contributed by atoms with Crippen LogP contribution >= 0.6 is 11.6 Å². The van der Waals surface area contributed by atoms with Gasteiger partial charge >= 0.3 is 5.97 Å². The largest absolute Gasteiger partial charge is 0.455 e. The molecule has 2 aromatic carbocycles. The number of hydrogen-bond acceptors (Lipinski definition) is 6. The lowest BCUT2D eigenvalue weighted by molar-refractivity contribution is 0.0467. The molecule has 0 N–H and O–H groups in total. The summed E-state index contributed by atoms with van der Waals surface area (Å²) in [6.45, 7) is -0.143. The SMILES string of the molecule is CN(C)S(=O)(=O)c1ccc(Cl)c(C(=O)OCc2coc(-c3ccccc3)n2)c1. The Morgan fingerprint density at radius 3 is 2.57 bits per heavy atom. The number of hydrogen-bond donors (Lipinski definition) is 0. The number of sulfonamides is 1. The number of esters is 1. The molecule has 0 aliphatic rings. The highest BCUT2D eigenvalue weighted by atomic mass is 35.5. The molecule has 0 amide bonds. The van der Waals surface area contributed by atoms with Crippen LogP contribution in [0, 0.1) is 0 Å². The first-order valence-electron chi connectivity index (χ1n) is 8.18. The standard InChI is InChI=1S/C19H17ClN2O5S/c1-22(2)28(24,25)15-8-9-17(20)16(10-15)19(23)27-12-14-11-26-18(21-14)13-6-4-3-5-7-13/h3-11H,12H2,1-2H3. The summed E-state index contributed by atoms with van der Waals surface area (Å²) in [4.78, 5) is 16.6. The third-order valence-electron chi connectivity index (χ3n) is 3.86. The summed E-state index contributed by atoms with van der Waals surface area (Å²) in [5.74, 6) is -0.353. The average molecular weight is 421 g/mol. The van der Waals surface area contributed by atoms with E-state index < -0.39 is 16.0 Å². The van der Waals surface area contributed by atoms with Crippen LogP contribution in [0.3, 0.4) is 0 Å². The van der Waals surface area contributed by atoms with Crippen LogP contribution in [0.4, 0.5) is 0 Å². The number of halogens is 1. The molecule has 0 aliphatic heterocycles. The average Bonchev–Trinajstić information content (AvgIpc) is 3.16. The first-order valence-corrected chi connectivity index (χ1v) is 10.00. The quantitative estimate of drug-likeness (QED) is 0.566.